The summed E-state index contributed by atoms with van der Waals surface area (Å²) in [7, 11) is 1.63. The maximum atomic E-state index is 12.5. The number of carbonyl (C=O) groups is 2. The normalized spacial score (nSPS) is 25.1. The molecule has 1 heterocycles. The van der Waals surface area contributed by atoms with Crippen LogP contribution in [-0.2, 0) is 16.1 Å². The summed E-state index contributed by atoms with van der Waals surface area (Å²) in [5, 5.41) is 3.13. The van der Waals surface area contributed by atoms with Gasteiger partial charge in [-0.3, -0.25) is 9.59 Å². The number of benzene rings is 1. The molecule has 2 aliphatic rings. The third-order valence-electron chi connectivity index (χ3n) is 5.41. The minimum absolute atomic E-state index is 0. The number of nitrogens with one attached hydrogen (secondary N) is 1. The van der Waals surface area contributed by atoms with Crippen molar-refractivity contribution in [3.63, 3.8) is 0 Å². The molecule has 7 heteroatoms. The number of hydrogen-bond acceptors (Lipinski definition) is 4. The first kappa shape index (κ1) is 20.5. The average molecular weight is 382 g/mol. The SMILES string of the molecule is COc1ccc(CN2CC(C(=O)NC3CCCC3CN)CC2=O)cc1.Cl. The molecule has 0 aromatic heterocycles. The predicted molar refractivity (Wildman–Crippen MR) is 102 cm³/mol. The summed E-state index contributed by atoms with van der Waals surface area (Å²) in [4.78, 5) is 26.6. The fourth-order valence-corrected chi connectivity index (χ4v) is 3.86. The van der Waals surface area contributed by atoms with Gasteiger partial charge in [0.15, 0.2) is 0 Å². The van der Waals surface area contributed by atoms with Gasteiger partial charge in [0.25, 0.3) is 0 Å². The zero-order chi connectivity index (χ0) is 17.8. The Hall–Kier alpha value is -1.79. The van der Waals surface area contributed by atoms with E-state index in [-0.39, 0.29) is 36.2 Å². The molecule has 3 atom stereocenters. The molecule has 3 rings (SSSR count). The van der Waals surface area contributed by atoms with Gasteiger partial charge < -0.3 is 20.7 Å². The summed E-state index contributed by atoms with van der Waals surface area (Å²) in [6.45, 7) is 1.62. The van der Waals surface area contributed by atoms with E-state index in [1.807, 2.05) is 24.3 Å². The Morgan fingerprint density at radius 1 is 1.31 bits per heavy atom. The lowest BCUT2D eigenvalue weighted by molar-refractivity contribution is -0.129. The molecule has 1 aromatic rings. The Labute approximate surface area is 160 Å². The van der Waals surface area contributed by atoms with E-state index in [1.165, 1.54) is 0 Å². The van der Waals surface area contributed by atoms with Crippen LogP contribution in [-0.4, -0.2) is 43.0 Å². The van der Waals surface area contributed by atoms with Crippen LogP contribution in [0.5, 0.6) is 5.75 Å². The van der Waals surface area contributed by atoms with Crippen LogP contribution >= 0.6 is 12.4 Å². The molecule has 3 N–H and O–H groups in total. The number of halogens is 1. The molecule has 0 spiro atoms. The van der Waals surface area contributed by atoms with Gasteiger partial charge >= 0.3 is 0 Å². The molecule has 0 radical (unpaired) electrons. The van der Waals surface area contributed by atoms with Gasteiger partial charge in [0.2, 0.25) is 11.8 Å². The zero-order valence-corrected chi connectivity index (χ0v) is 16.0. The van der Waals surface area contributed by atoms with Gasteiger partial charge in [0.1, 0.15) is 5.75 Å². The third-order valence-corrected chi connectivity index (χ3v) is 5.41. The van der Waals surface area contributed by atoms with Crippen molar-refractivity contribution >= 4 is 24.2 Å². The van der Waals surface area contributed by atoms with Gasteiger partial charge in [-0.25, -0.2) is 0 Å². The number of carbonyl (C=O) groups excluding carboxylic acids is 2. The Balaban J connectivity index is 0.00000243. The molecule has 2 fully saturated rings. The molecule has 1 aromatic carbocycles. The lowest BCUT2D eigenvalue weighted by Gasteiger charge is -2.22. The number of amides is 2. The molecule has 3 unspecified atom stereocenters. The van der Waals surface area contributed by atoms with Gasteiger partial charge in [0, 0.05) is 25.6 Å². The number of rotatable bonds is 6. The molecule has 1 aliphatic carbocycles. The smallest absolute Gasteiger partial charge is 0.225 e. The first-order valence-electron chi connectivity index (χ1n) is 9.02. The van der Waals surface area contributed by atoms with Gasteiger partial charge in [-0.05, 0) is 43.0 Å². The minimum Gasteiger partial charge on any atom is -0.497 e. The van der Waals surface area contributed by atoms with Crippen molar-refractivity contribution in [1.82, 2.24) is 10.2 Å². The van der Waals surface area contributed by atoms with Crippen molar-refractivity contribution in [3.8, 4) is 5.75 Å². The summed E-state index contributed by atoms with van der Waals surface area (Å²) >= 11 is 0. The summed E-state index contributed by atoms with van der Waals surface area (Å²) in [5.74, 6) is 0.940. The van der Waals surface area contributed by atoms with E-state index < -0.39 is 0 Å². The topological polar surface area (TPSA) is 84.7 Å². The molecule has 0 bridgehead atoms. The predicted octanol–water partition coefficient (Wildman–Crippen LogP) is 1.71. The van der Waals surface area contributed by atoms with Gasteiger partial charge in [0.05, 0.1) is 13.0 Å². The Morgan fingerprint density at radius 2 is 2.04 bits per heavy atom. The van der Waals surface area contributed by atoms with Crippen molar-refractivity contribution in [3.05, 3.63) is 29.8 Å². The highest BCUT2D eigenvalue weighted by Gasteiger charge is 2.36. The van der Waals surface area contributed by atoms with E-state index in [0.717, 1.165) is 30.6 Å². The second-order valence-electron chi connectivity index (χ2n) is 7.07. The standard InChI is InChI=1S/C19H27N3O3.ClH/c1-25-16-7-5-13(6-8-16)11-22-12-15(9-18(22)23)19(24)21-17-4-2-3-14(17)10-20;/h5-8,14-15,17H,2-4,9-12,20H2,1H3,(H,21,24);1H. The van der Waals surface area contributed by atoms with Crippen molar-refractivity contribution in [2.75, 3.05) is 20.2 Å². The fourth-order valence-electron chi connectivity index (χ4n) is 3.86. The average Bonchev–Trinajstić information content (AvgIpc) is 3.22. The van der Waals surface area contributed by atoms with E-state index >= 15 is 0 Å². The van der Waals surface area contributed by atoms with E-state index in [0.29, 0.717) is 32.0 Å². The molecule has 144 valence electrons. The van der Waals surface area contributed by atoms with E-state index in [2.05, 4.69) is 5.32 Å². The molecule has 1 saturated heterocycles. The molecule has 1 saturated carbocycles. The van der Waals surface area contributed by atoms with Crippen molar-refractivity contribution < 1.29 is 14.3 Å². The summed E-state index contributed by atoms with van der Waals surface area (Å²) in [6, 6.07) is 7.83. The maximum absolute atomic E-state index is 12.5. The van der Waals surface area contributed by atoms with Crippen molar-refractivity contribution in [2.24, 2.45) is 17.6 Å². The van der Waals surface area contributed by atoms with Crippen molar-refractivity contribution in [2.45, 2.75) is 38.3 Å². The summed E-state index contributed by atoms with van der Waals surface area (Å²) < 4.78 is 5.15. The van der Waals surface area contributed by atoms with E-state index in [1.54, 1.807) is 12.0 Å². The highest BCUT2D eigenvalue weighted by atomic mass is 35.5. The molecular weight excluding hydrogens is 354 g/mol. The minimum atomic E-state index is -0.259. The van der Waals surface area contributed by atoms with E-state index in [4.69, 9.17) is 10.5 Å². The monoisotopic (exact) mass is 381 g/mol. The van der Waals surface area contributed by atoms with Crippen LogP contribution in [0.3, 0.4) is 0 Å². The number of hydrogen-bond donors (Lipinski definition) is 2. The van der Waals surface area contributed by atoms with Crippen LogP contribution in [0.1, 0.15) is 31.2 Å². The van der Waals surface area contributed by atoms with Crippen LogP contribution in [0, 0.1) is 11.8 Å². The number of ether oxygens (including phenoxy) is 1. The lowest BCUT2D eigenvalue weighted by Crippen LogP contribution is -2.43. The van der Waals surface area contributed by atoms with Crippen LogP contribution in [0.2, 0.25) is 0 Å². The second-order valence-corrected chi connectivity index (χ2v) is 7.07. The first-order valence-corrected chi connectivity index (χ1v) is 9.02. The molecule has 6 nitrogen and oxygen atoms in total. The molecule has 2 amide bonds. The molecule has 1 aliphatic heterocycles. The van der Waals surface area contributed by atoms with Gasteiger partial charge in [-0.2, -0.15) is 0 Å². The summed E-state index contributed by atoms with van der Waals surface area (Å²) in [5.41, 5.74) is 6.82. The maximum Gasteiger partial charge on any atom is 0.225 e. The molecule has 26 heavy (non-hydrogen) atoms. The molecular formula is C19H28ClN3O3. The number of methoxy groups -OCH3 is 1. The zero-order valence-electron chi connectivity index (χ0n) is 15.1. The first-order chi connectivity index (χ1) is 12.1. The van der Waals surface area contributed by atoms with Crippen LogP contribution in [0.25, 0.3) is 0 Å². The second kappa shape index (κ2) is 9.24. The largest absolute Gasteiger partial charge is 0.497 e. The van der Waals surface area contributed by atoms with Crippen LogP contribution < -0.4 is 15.8 Å². The van der Waals surface area contributed by atoms with Crippen LogP contribution in [0.15, 0.2) is 24.3 Å². The Bertz CT molecular complexity index is 623. The Kier molecular flexibility index (Phi) is 7.29. The number of likely N-dealkylation sites (tertiary alicyclic amines) is 1. The van der Waals surface area contributed by atoms with Crippen LogP contribution in [0.4, 0.5) is 0 Å². The highest BCUT2D eigenvalue weighted by molar-refractivity contribution is 5.89. The van der Waals surface area contributed by atoms with Gasteiger partial charge in [-0.15, -0.1) is 12.4 Å². The number of nitrogens with zero attached hydrogens (tertiary/aromatic N) is 1. The highest BCUT2D eigenvalue weighted by Crippen LogP contribution is 2.26. The Morgan fingerprint density at radius 3 is 2.69 bits per heavy atom. The fraction of sp³-hybridized carbons (Fsp3) is 0.579. The summed E-state index contributed by atoms with van der Waals surface area (Å²) in [6.07, 6.45) is 3.47. The number of nitrogens with two attached hydrogens (primary N) is 1. The van der Waals surface area contributed by atoms with E-state index in [9.17, 15) is 9.59 Å². The third kappa shape index (κ3) is 4.68. The quantitative estimate of drug-likeness (QED) is 0.785. The van der Waals surface area contributed by atoms with Crippen molar-refractivity contribution in [1.29, 1.82) is 0 Å². The van der Waals surface area contributed by atoms with Gasteiger partial charge in [-0.1, -0.05) is 18.6 Å². The lowest BCUT2D eigenvalue weighted by atomic mass is 10.0.